The molecule has 0 aliphatic rings. The first-order chi connectivity index (χ1) is 8.76. The summed E-state index contributed by atoms with van der Waals surface area (Å²) < 4.78 is 6.69. The Morgan fingerprint density at radius 3 is 2.68 bits per heavy atom. The molecule has 0 spiro atoms. The fourth-order valence-corrected chi connectivity index (χ4v) is 2.45. The van der Waals surface area contributed by atoms with Crippen LogP contribution in [0.2, 0.25) is 0 Å². The molecule has 0 unspecified atom stereocenters. The number of hydrogen-bond donors (Lipinski definition) is 1. The molecule has 0 radical (unpaired) electrons. The Labute approximate surface area is 114 Å². The standard InChI is InChI=1S/C12H15N3O3S/c1-7(16)13-10-14-8-5-6-15(9(8)19-10)11(17)18-12(2,3)4/h5-6H,1-4H3,(H,13,14,16). The van der Waals surface area contributed by atoms with Gasteiger partial charge in [-0.3, -0.25) is 4.79 Å². The molecule has 2 aromatic rings. The highest BCUT2D eigenvalue weighted by Gasteiger charge is 2.20. The van der Waals surface area contributed by atoms with Crippen molar-refractivity contribution in [1.29, 1.82) is 0 Å². The van der Waals surface area contributed by atoms with Crippen molar-refractivity contribution in [2.24, 2.45) is 0 Å². The molecule has 0 aliphatic heterocycles. The molecule has 0 aromatic carbocycles. The van der Waals surface area contributed by atoms with E-state index in [0.717, 1.165) is 0 Å². The molecule has 0 aliphatic carbocycles. The lowest BCUT2D eigenvalue weighted by molar-refractivity contribution is -0.114. The van der Waals surface area contributed by atoms with Gasteiger partial charge in [0.1, 0.15) is 15.9 Å². The Kier molecular flexibility index (Phi) is 3.32. The van der Waals surface area contributed by atoms with Crippen molar-refractivity contribution in [3.8, 4) is 0 Å². The van der Waals surface area contributed by atoms with Crippen molar-refractivity contribution in [3.63, 3.8) is 0 Å². The van der Waals surface area contributed by atoms with Gasteiger partial charge in [-0.25, -0.2) is 14.3 Å². The number of nitrogens with one attached hydrogen (secondary N) is 1. The minimum absolute atomic E-state index is 0.194. The quantitative estimate of drug-likeness (QED) is 0.872. The summed E-state index contributed by atoms with van der Waals surface area (Å²) in [5.41, 5.74) is 0.0957. The zero-order chi connectivity index (χ0) is 14.2. The number of nitrogens with zero attached hydrogens (tertiary/aromatic N) is 2. The van der Waals surface area contributed by atoms with Crippen LogP contribution in [0.1, 0.15) is 27.7 Å². The van der Waals surface area contributed by atoms with Crippen LogP contribution in [-0.4, -0.2) is 27.2 Å². The highest BCUT2D eigenvalue weighted by atomic mass is 32.1. The van der Waals surface area contributed by atoms with Gasteiger partial charge in [-0.05, 0) is 26.8 Å². The molecule has 102 valence electrons. The van der Waals surface area contributed by atoms with Gasteiger partial charge >= 0.3 is 6.09 Å². The Balaban J connectivity index is 2.31. The maximum Gasteiger partial charge on any atom is 0.419 e. The van der Waals surface area contributed by atoms with E-state index in [1.54, 1.807) is 33.0 Å². The van der Waals surface area contributed by atoms with Gasteiger partial charge < -0.3 is 10.1 Å². The van der Waals surface area contributed by atoms with Gasteiger partial charge in [0.2, 0.25) is 5.91 Å². The average Bonchev–Trinajstić information content (AvgIpc) is 2.71. The molecular formula is C12H15N3O3S. The largest absolute Gasteiger partial charge is 0.443 e. The van der Waals surface area contributed by atoms with E-state index in [2.05, 4.69) is 10.3 Å². The molecule has 19 heavy (non-hydrogen) atoms. The Hall–Kier alpha value is -1.89. The van der Waals surface area contributed by atoms with Crippen LogP contribution < -0.4 is 5.32 Å². The van der Waals surface area contributed by atoms with Crippen molar-refractivity contribution in [1.82, 2.24) is 9.55 Å². The van der Waals surface area contributed by atoms with E-state index in [0.29, 0.717) is 15.5 Å². The minimum Gasteiger partial charge on any atom is -0.443 e. The topological polar surface area (TPSA) is 73.2 Å². The molecule has 2 aromatic heterocycles. The molecule has 0 fully saturated rings. The third-order valence-corrected chi connectivity index (χ3v) is 3.09. The smallest absolute Gasteiger partial charge is 0.419 e. The lowest BCUT2D eigenvalue weighted by Crippen LogP contribution is -2.26. The van der Waals surface area contributed by atoms with Crippen molar-refractivity contribution in [3.05, 3.63) is 12.3 Å². The summed E-state index contributed by atoms with van der Waals surface area (Å²) in [6.07, 6.45) is 1.15. The van der Waals surface area contributed by atoms with Gasteiger partial charge in [-0.2, -0.15) is 0 Å². The van der Waals surface area contributed by atoms with Gasteiger partial charge in [0, 0.05) is 13.1 Å². The van der Waals surface area contributed by atoms with Crippen molar-refractivity contribution >= 4 is 38.8 Å². The molecule has 0 saturated carbocycles. The first kappa shape index (κ1) is 13.5. The van der Waals surface area contributed by atoms with Crippen LogP contribution in [0.4, 0.5) is 9.93 Å². The lowest BCUT2D eigenvalue weighted by Gasteiger charge is -2.19. The van der Waals surface area contributed by atoms with Gasteiger partial charge in [-0.1, -0.05) is 11.3 Å². The Bertz CT molecular complexity index is 636. The monoisotopic (exact) mass is 281 g/mol. The van der Waals surface area contributed by atoms with Crippen LogP contribution in [0.3, 0.4) is 0 Å². The van der Waals surface area contributed by atoms with Crippen LogP contribution in [0, 0.1) is 0 Å². The molecule has 1 N–H and O–H groups in total. The number of thiazole rings is 1. The number of carbonyl (C=O) groups is 2. The minimum atomic E-state index is -0.557. The van der Waals surface area contributed by atoms with Gasteiger partial charge in [0.05, 0.1) is 0 Å². The van der Waals surface area contributed by atoms with Crippen molar-refractivity contribution < 1.29 is 14.3 Å². The lowest BCUT2D eigenvalue weighted by atomic mass is 10.2. The number of rotatable bonds is 1. The van der Waals surface area contributed by atoms with Crippen molar-refractivity contribution in [2.45, 2.75) is 33.3 Å². The summed E-state index contributed by atoms with van der Waals surface area (Å²) in [4.78, 5) is 27.8. The highest BCUT2D eigenvalue weighted by Crippen LogP contribution is 2.27. The highest BCUT2D eigenvalue weighted by molar-refractivity contribution is 7.22. The first-order valence-electron chi connectivity index (χ1n) is 5.75. The second-order valence-corrected chi connectivity index (χ2v) is 6.03. The first-order valence-corrected chi connectivity index (χ1v) is 6.57. The Morgan fingerprint density at radius 1 is 1.42 bits per heavy atom. The molecule has 2 rings (SSSR count). The van der Waals surface area contributed by atoms with Gasteiger partial charge in [0.15, 0.2) is 5.13 Å². The van der Waals surface area contributed by atoms with Crippen LogP contribution >= 0.6 is 11.3 Å². The van der Waals surface area contributed by atoms with Gasteiger partial charge in [-0.15, -0.1) is 0 Å². The maximum atomic E-state index is 12.0. The number of hydrogen-bond acceptors (Lipinski definition) is 5. The predicted molar refractivity (Wildman–Crippen MR) is 73.5 cm³/mol. The second kappa shape index (κ2) is 4.65. The third kappa shape index (κ3) is 3.11. The number of amides is 1. The number of anilines is 1. The molecule has 0 bridgehead atoms. The van der Waals surface area contributed by atoms with E-state index in [1.165, 1.54) is 22.8 Å². The fraction of sp³-hybridized carbons (Fsp3) is 0.417. The Morgan fingerprint density at radius 2 is 2.11 bits per heavy atom. The zero-order valence-electron chi connectivity index (χ0n) is 11.2. The maximum absolute atomic E-state index is 12.0. The van der Waals surface area contributed by atoms with E-state index < -0.39 is 11.7 Å². The molecule has 7 heteroatoms. The van der Waals surface area contributed by atoms with Crippen molar-refractivity contribution in [2.75, 3.05) is 5.32 Å². The van der Waals surface area contributed by atoms with Crippen LogP contribution in [-0.2, 0) is 9.53 Å². The number of fused-ring (bicyclic) bond motifs is 1. The van der Waals surface area contributed by atoms with Crippen LogP contribution in [0.25, 0.3) is 10.3 Å². The summed E-state index contributed by atoms with van der Waals surface area (Å²) in [5, 5.41) is 3.07. The summed E-state index contributed by atoms with van der Waals surface area (Å²) >= 11 is 1.23. The van der Waals surface area contributed by atoms with Crippen LogP contribution in [0.5, 0.6) is 0 Å². The summed E-state index contributed by atoms with van der Waals surface area (Å²) in [6, 6.07) is 1.71. The number of carbonyl (C=O) groups excluding carboxylic acids is 2. The fourth-order valence-electron chi connectivity index (χ4n) is 1.48. The summed E-state index contributed by atoms with van der Waals surface area (Å²) in [5.74, 6) is -0.194. The molecule has 0 saturated heterocycles. The molecule has 0 atom stereocenters. The zero-order valence-corrected chi connectivity index (χ0v) is 12.0. The van der Waals surface area contributed by atoms with Crippen LogP contribution in [0.15, 0.2) is 12.3 Å². The molecule has 1 amide bonds. The second-order valence-electron chi connectivity index (χ2n) is 5.06. The number of aromatic nitrogens is 2. The third-order valence-electron chi connectivity index (χ3n) is 2.11. The van der Waals surface area contributed by atoms with E-state index in [9.17, 15) is 9.59 Å². The van der Waals surface area contributed by atoms with E-state index in [1.807, 2.05) is 0 Å². The molecular weight excluding hydrogens is 266 g/mol. The molecule has 2 heterocycles. The normalized spacial score (nSPS) is 11.6. The van der Waals surface area contributed by atoms with Gasteiger partial charge in [0.25, 0.3) is 0 Å². The SMILES string of the molecule is CC(=O)Nc1nc2ccn(C(=O)OC(C)(C)C)c2s1. The average molecular weight is 281 g/mol. The number of ether oxygens (including phenoxy) is 1. The van der Waals surface area contributed by atoms with E-state index >= 15 is 0 Å². The predicted octanol–water partition coefficient (Wildman–Crippen LogP) is 2.84. The van der Waals surface area contributed by atoms with E-state index in [-0.39, 0.29) is 5.91 Å². The molecule has 6 nitrogen and oxygen atoms in total. The van der Waals surface area contributed by atoms with E-state index in [4.69, 9.17) is 4.74 Å². The summed E-state index contributed by atoms with van der Waals surface area (Å²) in [6.45, 7) is 6.83. The summed E-state index contributed by atoms with van der Waals surface area (Å²) in [7, 11) is 0.